The van der Waals surface area contributed by atoms with Gasteiger partial charge in [-0.15, -0.1) is 0 Å². The third-order valence-corrected chi connectivity index (χ3v) is 4.25. The molecule has 1 aromatic heterocycles. The van der Waals surface area contributed by atoms with Crippen molar-refractivity contribution in [3.8, 4) is 11.5 Å². The number of fused-ring (bicyclic) bond motifs is 1. The number of methoxy groups -OCH3 is 1. The highest BCUT2D eigenvalue weighted by Crippen LogP contribution is 2.29. The molecule has 1 N–H and O–H groups in total. The summed E-state index contributed by atoms with van der Waals surface area (Å²) in [6, 6.07) is 14.5. The van der Waals surface area contributed by atoms with E-state index in [1.807, 2.05) is 41.8 Å². The molecule has 1 amide bonds. The molecule has 0 unspecified atom stereocenters. The number of aryl methyl sites for hydroxylation is 1. The van der Waals surface area contributed by atoms with E-state index in [2.05, 4.69) is 10.1 Å². The Kier molecular flexibility index (Phi) is 5.59. The Morgan fingerprint density at radius 3 is 2.67 bits per heavy atom. The number of nitrogens with one attached hydrogen (secondary N) is 1. The molecule has 0 atom stereocenters. The molecule has 2 aromatic carbocycles. The molecule has 0 radical (unpaired) electrons. The lowest BCUT2D eigenvalue weighted by molar-refractivity contribution is -0.121. The molecule has 27 heavy (non-hydrogen) atoms. The van der Waals surface area contributed by atoms with Crippen LogP contribution >= 0.6 is 0 Å². The zero-order valence-corrected chi connectivity index (χ0v) is 15.0. The molecule has 7 heteroatoms. The molecule has 0 aliphatic carbocycles. The van der Waals surface area contributed by atoms with Crippen LogP contribution in [0.2, 0.25) is 0 Å². The Balaban J connectivity index is 1.67. The van der Waals surface area contributed by atoms with Crippen LogP contribution < -0.4 is 14.8 Å². The Hall–Kier alpha value is -3.09. The number of amides is 1. The van der Waals surface area contributed by atoms with Crippen molar-refractivity contribution >= 4 is 16.8 Å². The second kappa shape index (κ2) is 8.07. The summed E-state index contributed by atoms with van der Waals surface area (Å²) < 4.78 is 36.4. The van der Waals surface area contributed by atoms with Crippen LogP contribution in [-0.2, 0) is 17.9 Å². The van der Waals surface area contributed by atoms with Gasteiger partial charge in [0.05, 0.1) is 7.11 Å². The number of hydrogen-bond donors (Lipinski definition) is 1. The molecular weight excluding hydrogens is 354 g/mol. The van der Waals surface area contributed by atoms with Crippen molar-refractivity contribution in [1.29, 1.82) is 0 Å². The largest absolute Gasteiger partial charge is 0.493 e. The third kappa shape index (κ3) is 4.36. The predicted molar refractivity (Wildman–Crippen MR) is 98.1 cm³/mol. The first-order valence-corrected chi connectivity index (χ1v) is 8.41. The van der Waals surface area contributed by atoms with Crippen molar-refractivity contribution in [2.75, 3.05) is 7.11 Å². The molecule has 0 bridgehead atoms. The highest BCUT2D eigenvalue weighted by Gasteiger charge is 2.13. The average Bonchev–Trinajstić information content (AvgIpc) is 2.95. The second-order valence-corrected chi connectivity index (χ2v) is 6.07. The first-order chi connectivity index (χ1) is 13.0. The van der Waals surface area contributed by atoms with Gasteiger partial charge in [0.15, 0.2) is 11.5 Å². The van der Waals surface area contributed by atoms with Crippen molar-refractivity contribution in [3.05, 3.63) is 59.8 Å². The van der Waals surface area contributed by atoms with Crippen molar-refractivity contribution in [2.24, 2.45) is 0 Å². The number of para-hydroxylation sites is 1. The number of ether oxygens (including phenoxy) is 2. The highest BCUT2D eigenvalue weighted by molar-refractivity contribution is 5.84. The number of hydrogen-bond acceptors (Lipinski definition) is 3. The van der Waals surface area contributed by atoms with E-state index in [0.29, 0.717) is 5.56 Å². The molecule has 5 nitrogen and oxygen atoms in total. The lowest BCUT2D eigenvalue weighted by Gasteiger charge is -2.13. The minimum atomic E-state index is -2.95. The van der Waals surface area contributed by atoms with Gasteiger partial charge in [0, 0.05) is 17.8 Å². The smallest absolute Gasteiger partial charge is 0.387 e. The van der Waals surface area contributed by atoms with E-state index in [1.165, 1.54) is 19.2 Å². The van der Waals surface area contributed by atoms with Crippen LogP contribution in [0.15, 0.2) is 48.5 Å². The minimum Gasteiger partial charge on any atom is -0.493 e. The lowest BCUT2D eigenvalue weighted by Crippen LogP contribution is -2.27. The molecule has 1 heterocycles. The van der Waals surface area contributed by atoms with Gasteiger partial charge >= 0.3 is 6.61 Å². The molecule has 0 spiro atoms. The standard InChI is InChI=1S/C20H20F2N2O3/c1-13-9-15-5-3-4-6-16(15)24(13)12-19(25)23-11-14-7-8-17(26-2)18(10-14)27-20(21)22/h3-10,20H,11-12H2,1-2H3,(H,23,25). The van der Waals surface area contributed by atoms with E-state index in [9.17, 15) is 13.6 Å². The summed E-state index contributed by atoms with van der Waals surface area (Å²) >= 11 is 0. The normalized spacial score (nSPS) is 11.0. The first kappa shape index (κ1) is 18.7. The van der Waals surface area contributed by atoms with Gasteiger partial charge in [-0.3, -0.25) is 4.79 Å². The maximum atomic E-state index is 12.5. The van der Waals surface area contributed by atoms with Crippen LogP contribution in [0.1, 0.15) is 11.3 Å². The van der Waals surface area contributed by atoms with Gasteiger partial charge in [-0.25, -0.2) is 0 Å². The van der Waals surface area contributed by atoms with E-state index in [0.717, 1.165) is 16.6 Å². The van der Waals surface area contributed by atoms with Gasteiger partial charge in [0.2, 0.25) is 5.91 Å². The summed E-state index contributed by atoms with van der Waals surface area (Å²) in [7, 11) is 1.37. The summed E-state index contributed by atoms with van der Waals surface area (Å²) in [5, 5.41) is 3.88. The SMILES string of the molecule is COc1ccc(CNC(=O)Cn2c(C)cc3ccccc32)cc1OC(F)F. The predicted octanol–water partition coefficient (Wildman–Crippen LogP) is 3.88. The molecule has 0 saturated carbocycles. The summed E-state index contributed by atoms with van der Waals surface area (Å²) in [5.74, 6) is -0.0297. The van der Waals surface area contributed by atoms with E-state index in [4.69, 9.17) is 4.74 Å². The summed E-state index contributed by atoms with van der Waals surface area (Å²) in [6.07, 6.45) is 0. The number of halogens is 2. The number of alkyl halides is 2. The van der Waals surface area contributed by atoms with Crippen molar-refractivity contribution in [1.82, 2.24) is 9.88 Å². The van der Waals surface area contributed by atoms with E-state index >= 15 is 0 Å². The molecular formula is C20H20F2N2O3. The minimum absolute atomic E-state index is 0.0634. The Labute approximate surface area is 155 Å². The number of rotatable bonds is 7. The lowest BCUT2D eigenvalue weighted by atomic mass is 10.2. The van der Waals surface area contributed by atoms with Crippen LogP contribution in [0.4, 0.5) is 8.78 Å². The molecule has 3 rings (SSSR count). The maximum absolute atomic E-state index is 12.5. The fourth-order valence-electron chi connectivity index (χ4n) is 2.98. The zero-order valence-electron chi connectivity index (χ0n) is 15.0. The second-order valence-electron chi connectivity index (χ2n) is 6.07. The quantitative estimate of drug-likeness (QED) is 0.683. The van der Waals surface area contributed by atoms with Gasteiger partial charge in [-0.1, -0.05) is 24.3 Å². The zero-order chi connectivity index (χ0) is 19.4. The average molecular weight is 374 g/mol. The van der Waals surface area contributed by atoms with Crippen molar-refractivity contribution in [3.63, 3.8) is 0 Å². The van der Waals surface area contributed by atoms with Crippen LogP contribution in [-0.4, -0.2) is 24.2 Å². The maximum Gasteiger partial charge on any atom is 0.387 e. The van der Waals surface area contributed by atoms with Gasteiger partial charge in [0.1, 0.15) is 6.54 Å². The summed E-state index contributed by atoms with van der Waals surface area (Å²) in [6.45, 7) is -0.630. The number of aromatic nitrogens is 1. The van der Waals surface area contributed by atoms with E-state index < -0.39 is 6.61 Å². The van der Waals surface area contributed by atoms with Crippen LogP contribution in [0, 0.1) is 6.92 Å². The first-order valence-electron chi connectivity index (χ1n) is 8.41. The van der Waals surface area contributed by atoms with Gasteiger partial charge in [0.25, 0.3) is 0 Å². The summed E-state index contributed by atoms with van der Waals surface area (Å²) in [5.41, 5.74) is 2.61. The van der Waals surface area contributed by atoms with E-state index in [-0.39, 0.29) is 30.5 Å². The Morgan fingerprint density at radius 2 is 1.93 bits per heavy atom. The topological polar surface area (TPSA) is 52.5 Å². The molecule has 0 aliphatic rings. The van der Waals surface area contributed by atoms with Crippen LogP contribution in [0.3, 0.4) is 0 Å². The fourth-order valence-corrected chi connectivity index (χ4v) is 2.98. The molecule has 0 fully saturated rings. The Bertz CT molecular complexity index is 954. The van der Waals surface area contributed by atoms with Gasteiger partial charge in [-0.2, -0.15) is 8.78 Å². The fraction of sp³-hybridized carbons (Fsp3) is 0.250. The van der Waals surface area contributed by atoms with Crippen LogP contribution in [0.25, 0.3) is 10.9 Å². The van der Waals surface area contributed by atoms with Crippen molar-refractivity contribution in [2.45, 2.75) is 26.6 Å². The third-order valence-electron chi connectivity index (χ3n) is 4.25. The molecule has 0 aliphatic heterocycles. The highest BCUT2D eigenvalue weighted by atomic mass is 19.3. The Morgan fingerprint density at radius 1 is 1.15 bits per heavy atom. The van der Waals surface area contributed by atoms with Gasteiger partial charge in [-0.05, 0) is 42.1 Å². The van der Waals surface area contributed by atoms with Gasteiger partial charge < -0.3 is 19.4 Å². The molecule has 0 saturated heterocycles. The number of carbonyl (C=O) groups excluding carboxylic acids is 1. The molecule has 142 valence electrons. The number of benzene rings is 2. The monoisotopic (exact) mass is 374 g/mol. The summed E-state index contributed by atoms with van der Waals surface area (Å²) in [4.78, 5) is 12.4. The number of nitrogens with zero attached hydrogens (tertiary/aromatic N) is 1. The van der Waals surface area contributed by atoms with Crippen LogP contribution in [0.5, 0.6) is 11.5 Å². The van der Waals surface area contributed by atoms with Crippen molar-refractivity contribution < 1.29 is 23.0 Å². The number of carbonyl (C=O) groups is 1. The molecule has 3 aromatic rings. The van der Waals surface area contributed by atoms with E-state index in [1.54, 1.807) is 6.07 Å².